The van der Waals surface area contributed by atoms with Crippen LogP contribution in [0.15, 0.2) is 0 Å². The van der Waals surface area contributed by atoms with E-state index in [1.165, 1.54) is 12.8 Å². The molecule has 0 aromatic heterocycles. The van der Waals surface area contributed by atoms with E-state index in [2.05, 4.69) is 27.3 Å². The zero-order valence-corrected chi connectivity index (χ0v) is 8.78. The van der Waals surface area contributed by atoms with Gasteiger partial charge in [0.05, 0.1) is 8.07 Å². The molecule has 1 fully saturated rings. The van der Waals surface area contributed by atoms with Crippen molar-refractivity contribution in [1.82, 2.24) is 0 Å². The molecule has 0 spiro atoms. The fourth-order valence-corrected chi connectivity index (χ4v) is 6.26. The molecule has 0 amide bonds. The Bertz CT molecular complexity index is 120. The Labute approximate surface area is 66.0 Å². The summed E-state index contributed by atoms with van der Waals surface area (Å²) in [5.41, 5.74) is 2.09. The number of hydrogen-bond acceptors (Lipinski definition) is 0. The predicted molar refractivity (Wildman–Crippen MR) is 50.2 cm³/mol. The van der Waals surface area contributed by atoms with E-state index < -0.39 is 8.07 Å². The first kappa shape index (κ1) is 8.31. The highest BCUT2D eigenvalue weighted by Crippen LogP contribution is 2.45. The van der Waals surface area contributed by atoms with Gasteiger partial charge in [0, 0.05) is 0 Å². The van der Waals surface area contributed by atoms with Crippen LogP contribution < -0.4 is 0 Å². The minimum Gasteiger partial charge on any atom is -0.0688 e. The summed E-state index contributed by atoms with van der Waals surface area (Å²) in [5, 5.41) is 0. The second-order valence-corrected chi connectivity index (χ2v) is 10.1. The fourth-order valence-electron chi connectivity index (χ4n) is 2.22. The molecule has 0 radical (unpaired) electrons. The van der Waals surface area contributed by atoms with Crippen LogP contribution in [0.2, 0.25) is 23.7 Å². The third kappa shape index (κ3) is 1.16. The van der Waals surface area contributed by atoms with Crippen molar-refractivity contribution >= 4 is 8.07 Å². The molecule has 1 saturated heterocycles. The highest BCUT2D eigenvalue weighted by atomic mass is 28.3. The van der Waals surface area contributed by atoms with Crippen molar-refractivity contribution in [1.29, 1.82) is 0 Å². The first-order valence-corrected chi connectivity index (χ1v) is 7.43. The maximum atomic E-state index is 2.59. The molecule has 2 unspecified atom stereocenters. The molecule has 2 atom stereocenters. The van der Waals surface area contributed by atoms with Crippen LogP contribution in [-0.2, 0) is 0 Å². The highest BCUT2D eigenvalue weighted by molar-refractivity contribution is 6.81. The highest BCUT2D eigenvalue weighted by Gasteiger charge is 2.39. The first-order valence-electron chi connectivity index (χ1n) is 4.57. The van der Waals surface area contributed by atoms with Crippen molar-refractivity contribution in [3.05, 3.63) is 0 Å². The van der Waals surface area contributed by atoms with Gasteiger partial charge in [0.15, 0.2) is 0 Å². The van der Waals surface area contributed by atoms with E-state index in [9.17, 15) is 0 Å². The molecule has 0 nitrogen and oxygen atoms in total. The van der Waals surface area contributed by atoms with Gasteiger partial charge in [-0.25, -0.2) is 0 Å². The summed E-state index contributed by atoms with van der Waals surface area (Å²) in [6.07, 6.45) is 3.03. The second-order valence-electron chi connectivity index (χ2n) is 4.45. The average molecular weight is 156 g/mol. The Balaban J connectivity index is 2.66. The average Bonchev–Trinajstić information content (AvgIpc) is 2.15. The molecule has 0 aromatic carbocycles. The van der Waals surface area contributed by atoms with E-state index >= 15 is 0 Å². The van der Waals surface area contributed by atoms with Gasteiger partial charge in [-0.15, -0.1) is 0 Å². The van der Waals surface area contributed by atoms with Crippen LogP contribution in [0.1, 0.15) is 33.6 Å². The SMILES string of the molecule is CC(C)[Si]1(C)CCCC1C. The smallest absolute Gasteiger partial charge is 0.0558 e. The molecule has 1 rings (SSSR count). The quantitative estimate of drug-likeness (QED) is 0.508. The van der Waals surface area contributed by atoms with Crippen LogP contribution in [0.3, 0.4) is 0 Å². The van der Waals surface area contributed by atoms with Crippen molar-refractivity contribution in [2.75, 3.05) is 0 Å². The van der Waals surface area contributed by atoms with E-state index in [-0.39, 0.29) is 0 Å². The minimum atomic E-state index is -0.767. The van der Waals surface area contributed by atoms with Crippen molar-refractivity contribution in [3.8, 4) is 0 Å². The second kappa shape index (κ2) is 2.69. The van der Waals surface area contributed by atoms with Crippen molar-refractivity contribution in [2.45, 2.75) is 57.3 Å². The maximum absolute atomic E-state index is 2.59. The summed E-state index contributed by atoms with van der Waals surface area (Å²) in [4.78, 5) is 0. The monoisotopic (exact) mass is 156 g/mol. The Kier molecular flexibility index (Phi) is 2.23. The topological polar surface area (TPSA) is 0 Å². The lowest BCUT2D eigenvalue weighted by Crippen LogP contribution is -2.33. The molecule has 0 bridgehead atoms. The number of rotatable bonds is 1. The van der Waals surface area contributed by atoms with Gasteiger partial charge in [0.25, 0.3) is 0 Å². The van der Waals surface area contributed by atoms with E-state index in [4.69, 9.17) is 0 Å². The maximum Gasteiger partial charge on any atom is 0.0558 e. The molecular formula is C9H20Si. The van der Waals surface area contributed by atoms with E-state index in [0.717, 1.165) is 11.1 Å². The molecule has 0 saturated carbocycles. The Morgan fingerprint density at radius 3 is 2.20 bits per heavy atom. The third-order valence-corrected chi connectivity index (χ3v) is 10.4. The molecule has 0 N–H and O–H groups in total. The molecule has 1 aliphatic rings. The Morgan fingerprint density at radius 2 is 2.00 bits per heavy atom. The zero-order valence-electron chi connectivity index (χ0n) is 7.78. The third-order valence-electron chi connectivity index (χ3n) is 3.80. The van der Waals surface area contributed by atoms with Crippen LogP contribution >= 0.6 is 0 Å². The van der Waals surface area contributed by atoms with Crippen molar-refractivity contribution in [3.63, 3.8) is 0 Å². The molecule has 1 heteroatoms. The first-order chi connectivity index (χ1) is 4.57. The largest absolute Gasteiger partial charge is 0.0688 e. The Hall–Kier alpha value is 0.217. The van der Waals surface area contributed by atoms with Gasteiger partial charge in [-0.05, 0) is 5.54 Å². The lowest BCUT2D eigenvalue weighted by atomic mass is 10.3. The minimum absolute atomic E-state index is 0.767. The molecule has 1 heterocycles. The fraction of sp³-hybridized carbons (Fsp3) is 1.00. The van der Waals surface area contributed by atoms with Crippen LogP contribution in [-0.4, -0.2) is 8.07 Å². The summed E-state index contributed by atoms with van der Waals surface area (Å²) in [6, 6.07) is 1.59. The van der Waals surface area contributed by atoms with Gasteiger partial charge in [0.2, 0.25) is 0 Å². The van der Waals surface area contributed by atoms with Gasteiger partial charge in [0.1, 0.15) is 0 Å². The lowest BCUT2D eigenvalue weighted by molar-refractivity contribution is 0.807. The van der Waals surface area contributed by atoms with Gasteiger partial charge < -0.3 is 0 Å². The predicted octanol–water partition coefficient (Wildman–Crippen LogP) is 3.66. The summed E-state index contributed by atoms with van der Waals surface area (Å²) >= 11 is 0. The zero-order chi connectivity index (χ0) is 7.78. The molecule has 10 heavy (non-hydrogen) atoms. The molecule has 0 aliphatic carbocycles. The van der Waals surface area contributed by atoms with Crippen LogP contribution in [0, 0.1) is 0 Å². The van der Waals surface area contributed by atoms with Crippen molar-refractivity contribution < 1.29 is 0 Å². The van der Waals surface area contributed by atoms with Crippen molar-refractivity contribution in [2.24, 2.45) is 0 Å². The van der Waals surface area contributed by atoms with E-state index in [0.29, 0.717) is 0 Å². The molecule has 60 valence electrons. The summed E-state index contributed by atoms with van der Waals surface area (Å²) < 4.78 is 0. The Morgan fingerprint density at radius 1 is 1.40 bits per heavy atom. The van der Waals surface area contributed by atoms with Gasteiger partial charge in [-0.3, -0.25) is 0 Å². The molecule has 0 aromatic rings. The number of hydrogen-bond donors (Lipinski definition) is 0. The van der Waals surface area contributed by atoms with E-state index in [1.807, 2.05) is 0 Å². The van der Waals surface area contributed by atoms with Crippen LogP contribution in [0.5, 0.6) is 0 Å². The van der Waals surface area contributed by atoms with Crippen LogP contribution in [0.4, 0.5) is 0 Å². The summed E-state index contributed by atoms with van der Waals surface area (Å²) in [5.74, 6) is 0. The standard InChI is InChI=1S/C9H20Si/c1-8(2)10(4)7-5-6-9(10)3/h8-9H,5-7H2,1-4H3. The normalized spacial score (nSPS) is 41.1. The lowest BCUT2D eigenvalue weighted by Gasteiger charge is -2.31. The molecule has 1 aliphatic heterocycles. The van der Waals surface area contributed by atoms with Gasteiger partial charge >= 0.3 is 0 Å². The van der Waals surface area contributed by atoms with E-state index in [1.54, 1.807) is 6.04 Å². The molecular weight excluding hydrogens is 136 g/mol. The summed E-state index contributed by atoms with van der Waals surface area (Å²) in [6.45, 7) is 9.91. The van der Waals surface area contributed by atoms with Gasteiger partial charge in [-0.2, -0.15) is 0 Å². The summed E-state index contributed by atoms with van der Waals surface area (Å²) in [7, 11) is -0.767. The van der Waals surface area contributed by atoms with Crippen LogP contribution in [0.25, 0.3) is 0 Å². The van der Waals surface area contributed by atoms with Gasteiger partial charge in [-0.1, -0.05) is 51.7 Å².